The van der Waals surface area contributed by atoms with Crippen molar-refractivity contribution in [2.45, 2.75) is 13.5 Å². The summed E-state index contributed by atoms with van der Waals surface area (Å²) in [6.45, 7) is 3.34. The number of hydrogen-bond acceptors (Lipinski definition) is 2. The Balaban J connectivity index is 2.03. The molecule has 15 heavy (non-hydrogen) atoms. The molecule has 0 spiro atoms. The average Bonchev–Trinajstić information content (AvgIpc) is 2.63. The maximum absolute atomic E-state index is 12.2. The topological polar surface area (TPSA) is 38.1 Å². The summed E-state index contributed by atoms with van der Waals surface area (Å²) in [5.74, 6) is -0.00834. The minimum atomic E-state index is -0.336. The lowest BCUT2D eigenvalue weighted by Gasteiger charge is -2.37. The van der Waals surface area contributed by atoms with Crippen molar-refractivity contribution in [3.63, 3.8) is 0 Å². The summed E-state index contributed by atoms with van der Waals surface area (Å²) in [6, 6.07) is 1.70. The Morgan fingerprint density at radius 2 is 2.40 bits per heavy atom. The van der Waals surface area contributed by atoms with E-state index < -0.39 is 0 Å². The van der Waals surface area contributed by atoms with Crippen molar-refractivity contribution in [3.8, 4) is 0 Å². The van der Waals surface area contributed by atoms with Crippen molar-refractivity contribution in [2.75, 3.05) is 19.8 Å². The van der Waals surface area contributed by atoms with E-state index in [-0.39, 0.29) is 18.5 Å². The molecule has 82 valence electrons. The van der Waals surface area contributed by atoms with Crippen LogP contribution in [-0.2, 0) is 6.54 Å². The van der Waals surface area contributed by atoms with Crippen molar-refractivity contribution in [1.29, 1.82) is 0 Å². The smallest absolute Gasteiger partial charge is 0.272 e. The van der Waals surface area contributed by atoms with Crippen LogP contribution in [0.1, 0.15) is 17.4 Å². The molecule has 0 aromatic carbocycles. The van der Waals surface area contributed by atoms with Gasteiger partial charge >= 0.3 is 0 Å². The van der Waals surface area contributed by atoms with E-state index in [9.17, 15) is 9.18 Å². The van der Waals surface area contributed by atoms with Crippen molar-refractivity contribution >= 4 is 5.91 Å². The predicted molar refractivity (Wildman–Crippen MR) is 53.3 cm³/mol. The number of carbonyl (C=O) groups is 1. The molecule has 0 radical (unpaired) electrons. The minimum Gasteiger partial charge on any atom is -0.336 e. The van der Waals surface area contributed by atoms with Crippen LogP contribution in [0.25, 0.3) is 0 Å². The van der Waals surface area contributed by atoms with Gasteiger partial charge in [-0.2, -0.15) is 5.10 Å². The Hall–Kier alpha value is -1.39. The number of likely N-dealkylation sites (tertiary alicyclic amines) is 1. The molecule has 0 saturated carbocycles. The molecule has 0 atom stereocenters. The quantitative estimate of drug-likeness (QED) is 0.746. The maximum Gasteiger partial charge on any atom is 0.272 e. The Bertz CT molecular complexity index is 357. The zero-order valence-corrected chi connectivity index (χ0v) is 8.69. The van der Waals surface area contributed by atoms with Gasteiger partial charge in [0.15, 0.2) is 0 Å². The zero-order valence-electron chi connectivity index (χ0n) is 8.69. The maximum atomic E-state index is 12.2. The molecule has 2 heterocycles. The third-order valence-electron chi connectivity index (χ3n) is 2.70. The molecule has 0 unspecified atom stereocenters. The van der Waals surface area contributed by atoms with Crippen LogP contribution in [-0.4, -0.2) is 40.4 Å². The molecule has 5 heteroatoms. The molecule has 0 aliphatic carbocycles. The van der Waals surface area contributed by atoms with Gasteiger partial charge < -0.3 is 4.90 Å². The normalized spacial score (nSPS) is 16.5. The van der Waals surface area contributed by atoms with E-state index in [4.69, 9.17) is 0 Å². The van der Waals surface area contributed by atoms with E-state index in [1.807, 2.05) is 6.92 Å². The number of amides is 1. The molecule has 1 aliphatic heterocycles. The highest BCUT2D eigenvalue weighted by molar-refractivity contribution is 5.93. The second-order valence-corrected chi connectivity index (χ2v) is 3.76. The molecule has 0 N–H and O–H groups in total. The highest BCUT2D eigenvalue weighted by Gasteiger charge is 2.32. The Morgan fingerprint density at radius 1 is 1.67 bits per heavy atom. The van der Waals surface area contributed by atoms with Crippen LogP contribution in [0.2, 0.25) is 0 Å². The number of aromatic nitrogens is 2. The number of nitrogens with zero attached hydrogens (tertiary/aromatic N) is 3. The van der Waals surface area contributed by atoms with Crippen LogP contribution in [0.5, 0.6) is 0 Å². The van der Waals surface area contributed by atoms with Crippen molar-refractivity contribution in [2.24, 2.45) is 5.92 Å². The fourth-order valence-corrected chi connectivity index (χ4v) is 1.76. The van der Waals surface area contributed by atoms with Crippen LogP contribution in [0, 0.1) is 5.92 Å². The summed E-state index contributed by atoms with van der Waals surface area (Å²) in [5, 5.41) is 4.03. The number of hydrogen-bond donors (Lipinski definition) is 0. The lowest BCUT2D eigenvalue weighted by atomic mass is 10.0. The largest absolute Gasteiger partial charge is 0.336 e. The molecule has 4 nitrogen and oxygen atoms in total. The van der Waals surface area contributed by atoms with E-state index >= 15 is 0 Å². The molecular formula is C10H14FN3O. The third kappa shape index (κ3) is 1.73. The van der Waals surface area contributed by atoms with Gasteiger partial charge in [-0.3, -0.25) is 13.9 Å². The van der Waals surface area contributed by atoms with Gasteiger partial charge in [0.2, 0.25) is 0 Å². The second-order valence-electron chi connectivity index (χ2n) is 3.76. The molecule has 1 aromatic rings. The van der Waals surface area contributed by atoms with Gasteiger partial charge in [-0.05, 0) is 13.0 Å². The van der Waals surface area contributed by atoms with E-state index in [0.29, 0.717) is 25.3 Å². The van der Waals surface area contributed by atoms with Crippen LogP contribution in [0.4, 0.5) is 4.39 Å². The van der Waals surface area contributed by atoms with Gasteiger partial charge in [-0.15, -0.1) is 0 Å². The average molecular weight is 211 g/mol. The zero-order chi connectivity index (χ0) is 10.8. The standard InChI is InChI=1S/C10H14FN3O/c1-2-14-9(3-4-12-14)10(15)13-6-8(5-11)7-13/h3-4,8H,2,5-7H2,1H3. The molecule has 1 amide bonds. The highest BCUT2D eigenvalue weighted by atomic mass is 19.1. The SMILES string of the molecule is CCn1nccc1C(=O)N1CC(CF)C1. The van der Waals surface area contributed by atoms with Crippen molar-refractivity contribution in [3.05, 3.63) is 18.0 Å². The molecule has 2 rings (SSSR count). The minimum absolute atomic E-state index is 0.0342. The second kappa shape index (κ2) is 4.00. The van der Waals surface area contributed by atoms with Gasteiger partial charge in [0.05, 0.1) is 6.67 Å². The summed E-state index contributed by atoms with van der Waals surface area (Å²) in [5.41, 5.74) is 0.592. The van der Waals surface area contributed by atoms with Crippen molar-refractivity contribution in [1.82, 2.24) is 14.7 Å². The van der Waals surface area contributed by atoms with Gasteiger partial charge in [-0.25, -0.2) is 0 Å². The predicted octanol–water partition coefficient (Wildman–Crippen LogP) is 0.945. The van der Waals surface area contributed by atoms with Gasteiger partial charge in [0, 0.05) is 31.7 Å². The first-order chi connectivity index (χ1) is 7.26. The third-order valence-corrected chi connectivity index (χ3v) is 2.70. The Morgan fingerprint density at radius 3 is 3.00 bits per heavy atom. The number of aryl methyl sites for hydroxylation is 1. The van der Waals surface area contributed by atoms with Crippen LogP contribution in [0.15, 0.2) is 12.3 Å². The molecule has 0 bridgehead atoms. The van der Waals surface area contributed by atoms with Crippen molar-refractivity contribution < 1.29 is 9.18 Å². The first-order valence-electron chi connectivity index (χ1n) is 5.13. The number of alkyl halides is 1. The molecule has 1 aliphatic rings. The van der Waals surface area contributed by atoms with E-state index in [2.05, 4.69) is 5.10 Å². The molecule has 1 aromatic heterocycles. The summed E-state index contributed by atoms with van der Waals surface area (Å²) >= 11 is 0. The fourth-order valence-electron chi connectivity index (χ4n) is 1.76. The van der Waals surface area contributed by atoms with Gasteiger partial charge in [0.25, 0.3) is 5.91 Å². The summed E-state index contributed by atoms with van der Waals surface area (Å²) < 4.78 is 13.9. The number of rotatable bonds is 3. The monoisotopic (exact) mass is 211 g/mol. The van der Waals surface area contributed by atoms with Crippen LogP contribution < -0.4 is 0 Å². The first kappa shape index (κ1) is 10.1. The van der Waals surface area contributed by atoms with E-state index in [1.54, 1.807) is 21.8 Å². The number of carbonyl (C=O) groups excluding carboxylic acids is 1. The lowest BCUT2D eigenvalue weighted by Crippen LogP contribution is -2.51. The fraction of sp³-hybridized carbons (Fsp3) is 0.600. The lowest BCUT2D eigenvalue weighted by molar-refractivity contribution is 0.0440. The van der Waals surface area contributed by atoms with Crippen LogP contribution in [0.3, 0.4) is 0 Å². The first-order valence-corrected chi connectivity index (χ1v) is 5.13. The summed E-state index contributed by atoms with van der Waals surface area (Å²) in [4.78, 5) is 13.5. The van der Waals surface area contributed by atoms with Gasteiger partial charge in [-0.1, -0.05) is 0 Å². The molecule has 1 saturated heterocycles. The molecular weight excluding hydrogens is 197 g/mol. The Kier molecular flexibility index (Phi) is 2.70. The van der Waals surface area contributed by atoms with Crippen LogP contribution >= 0.6 is 0 Å². The van der Waals surface area contributed by atoms with E-state index in [1.165, 1.54) is 0 Å². The number of halogens is 1. The Labute approximate surface area is 87.7 Å². The van der Waals surface area contributed by atoms with Gasteiger partial charge in [0.1, 0.15) is 5.69 Å². The van der Waals surface area contributed by atoms with E-state index in [0.717, 1.165) is 0 Å². The summed E-state index contributed by atoms with van der Waals surface area (Å²) in [7, 11) is 0. The summed E-state index contributed by atoms with van der Waals surface area (Å²) in [6.07, 6.45) is 1.61. The molecule has 1 fully saturated rings. The highest BCUT2D eigenvalue weighted by Crippen LogP contribution is 2.18.